The van der Waals surface area contributed by atoms with Crippen molar-refractivity contribution in [3.8, 4) is 0 Å². The van der Waals surface area contributed by atoms with Crippen LogP contribution in [0.25, 0.3) is 0 Å². The molecule has 0 saturated carbocycles. The van der Waals surface area contributed by atoms with Crippen LogP contribution in [0.15, 0.2) is 30.3 Å². The number of rotatable bonds is 3. The third-order valence-corrected chi connectivity index (χ3v) is 3.32. The van der Waals surface area contributed by atoms with Gasteiger partial charge in [0.1, 0.15) is 6.61 Å². The van der Waals surface area contributed by atoms with E-state index in [9.17, 15) is 4.79 Å². The van der Waals surface area contributed by atoms with Gasteiger partial charge in [-0.2, -0.15) is 0 Å². The SMILES string of the molecule is Cl.NCC1CCCN(C(=O)OCc2ccccc2)C1. The molecule has 1 atom stereocenters. The molecule has 4 nitrogen and oxygen atoms in total. The van der Waals surface area contributed by atoms with Gasteiger partial charge in [-0.3, -0.25) is 0 Å². The summed E-state index contributed by atoms with van der Waals surface area (Å²) in [5.41, 5.74) is 6.66. The molecular weight excluding hydrogens is 264 g/mol. The maximum Gasteiger partial charge on any atom is 0.410 e. The van der Waals surface area contributed by atoms with Gasteiger partial charge in [-0.25, -0.2) is 4.79 Å². The van der Waals surface area contributed by atoms with Crippen LogP contribution in [0.2, 0.25) is 0 Å². The Kier molecular flexibility index (Phi) is 6.67. The fourth-order valence-corrected chi connectivity index (χ4v) is 2.23. The van der Waals surface area contributed by atoms with E-state index in [0.717, 1.165) is 31.5 Å². The number of halogens is 1. The monoisotopic (exact) mass is 284 g/mol. The molecule has 0 bridgehead atoms. The van der Waals surface area contributed by atoms with Crippen molar-refractivity contribution >= 4 is 18.5 Å². The van der Waals surface area contributed by atoms with E-state index in [-0.39, 0.29) is 18.5 Å². The van der Waals surface area contributed by atoms with Gasteiger partial charge in [-0.15, -0.1) is 12.4 Å². The van der Waals surface area contributed by atoms with Gasteiger partial charge in [0.2, 0.25) is 0 Å². The van der Waals surface area contributed by atoms with Gasteiger partial charge >= 0.3 is 6.09 Å². The molecule has 2 N–H and O–H groups in total. The van der Waals surface area contributed by atoms with E-state index in [1.807, 2.05) is 30.3 Å². The molecule has 19 heavy (non-hydrogen) atoms. The Balaban J connectivity index is 0.00000180. The maximum absolute atomic E-state index is 11.9. The summed E-state index contributed by atoms with van der Waals surface area (Å²) in [7, 11) is 0. The molecule has 0 aliphatic carbocycles. The van der Waals surface area contributed by atoms with Gasteiger partial charge in [-0.1, -0.05) is 30.3 Å². The van der Waals surface area contributed by atoms with Crippen LogP contribution in [0.5, 0.6) is 0 Å². The lowest BCUT2D eigenvalue weighted by Crippen LogP contribution is -2.42. The van der Waals surface area contributed by atoms with Crippen molar-refractivity contribution in [1.29, 1.82) is 0 Å². The van der Waals surface area contributed by atoms with Crippen LogP contribution in [0.3, 0.4) is 0 Å². The summed E-state index contributed by atoms with van der Waals surface area (Å²) < 4.78 is 5.31. The quantitative estimate of drug-likeness (QED) is 0.927. The van der Waals surface area contributed by atoms with Gasteiger partial charge in [0.05, 0.1) is 0 Å². The topological polar surface area (TPSA) is 55.6 Å². The Bertz CT molecular complexity index is 386. The normalized spacial score (nSPS) is 18.6. The van der Waals surface area contributed by atoms with Crippen molar-refractivity contribution in [2.45, 2.75) is 19.4 Å². The molecule has 1 aliphatic rings. The first-order valence-electron chi connectivity index (χ1n) is 6.45. The average molecular weight is 285 g/mol. The maximum atomic E-state index is 11.9. The number of ether oxygens (including phenoxy) is 1. The van der Waals surface area contributed by atoms with Crippen LogP contribution in [0, 0.1) is 5.92 Å². The first-order valence-corrected chi connectivity index (χ1v) is 6.45. The van der Waals surface area contributed by atoms with Crippen LogP contribution >= 0.6 is 12.4 Å². The minimum atomic E-state index is -0.225. The summed E-state index contributed by atoms with van der Waals surface area (Å²) in [6, 6.07) is 9.73. The molecule has 0 radical (unpaired) electrons. The average Bonchev–Trinajstić information content (AvgIpc) is 2.46. The van der Waals surface area contributed by atoms with Gasteiger partial charge in [0.25, 0.3) is 0 Å². The first-order chi connectivity index (χ1) is 8.79. The zero-order valence-electron chi connectivity index (χ0n) is 11.0. The molecule has 106 valence electrons. The minimum absolute atomic E-state index is 0. The number of likely N-dealkylation sites (tertiary alicyclic amines) is 1. The molecule has 1 unspecified atom stereocenters. The zero-order chi connectivity index (χ0) is 12.8. The van der Waals surface area contributed by atoms with E-state index < -0.39 is 0 Å². The molecule has 1 saturated heterocycles. The Labute approximate surface area is 120 Å². The van der Waals surface area contributed by atoms with Gasteiger partial charge in [0.15, 0.2) is 0 Å². The standard InChI is InChI=1S/C14H20N2O2.ClH/c15-9-13-7-4-8-16(10-13)14(17)18-11-12-5-2-1-3-6-12;/h1-3,5-6,13H,4,7-11,15H2;1H. The van der Waals surface area contributed by atoms with Crippen LogP contribution in [0.4, 0.5) is 4.79 Å². The lowest BCUT2D eigenvalue weighted by atomic mass is 9.99. The third-order valence-electron chi connectivity index (χ3n) is 3.32. The number of carbonyl (C=O) groups excluding carboxylic acids is 1. The highest BCUT2D eigenvalue weighted by atomic mass is 35.5. The molecular formula is C14H21ClN2O2. The highest BCUT2D eigenvalue weighted by molar-refractivity contribution is 5.85. The Morgan fingerprint density at radius 1 is 1.37 bits per heavy atom. The second-order valence-corrected chi connectivity index (χ2v) is 4.73. The van der Waals surface area contributed by atoms with Gasteiger partial charge < -0.3 is 15.4 Å². The van der Waals surface area contributed by atoms with Crippen LogP contribution in [-0.2, 0) is 11.3 Å². The molecule has 0 aromatic heterocycles. The predicted molar refractivity (Wildman–Crippen MR) is 77.2 cm³/mol. The lowest BCUT2D eigenvalue weighted by molar-refractivity contribution is 0.0800. The summed E-state index contributed by atoms with van der Waals surface area (Å²) in [5, 5.41) is 0. The van der Waals surface area contributed by atoms with E-state index in [0.29, 0.717) is 19.1 Å². The van der Waals surface area contributed by atoms with Crippen molar-refractivity contribution in [1.82, 2.24) is 4.90 Å². The minimum Gasteiger partial charge on any atom is -0.445 e. The number of hydrogen-bond acceptors (Lipinski definition) is 3. The fraction of sp³-hybridized carbons (Fsp3) is 0.500. The van der Waals surface area contributed by atoms with E-state index in [1.54, 1.807) is 4.90 Å². The van der Waals surface area contributed by atoms with Crippen molar-refractivity contribution < 1.29 is 9.53 Å². The lowest BCUT2D eigenvalue weighted by Gasteiger charge is -2.31. The number of benzene rings is 1. The van der Waals surface area contributed by atoms with Gasteiger partial charge in [0, 0.05) is 13.1 Å². The fourth-order valence-electron chi connectivity index (χ4n) is 2.23. The smallest absolute Gasteiger partial charge is 0.410 e. The molecule has 2 rings (SSSR count). The van der Waals surface area contributed by atoms with Crippen molar-refractivity contribution in [2.75, 3.05) is 19.6 Å². The molecule has 1 fully saturated rings. The molecule has 1 aromatic carbocycles. The molecule has 1 heterocycles. The zero-order valence-corrected chi connectivity index (χ0v) is 11.8. The second kappa shape index (κ2) is 8.02. The van der Waals surface area contributed by atoms with E-state index in [1.165, 1.54) is 0 Å². The van der Waals surface area contributed by atoms with E-state index >= 15 is 0 Å². The number of nitrogens with two attached hydrogens (primary N) is 1. The largest absolute Gasteiger partial charge is 0.445 e. The second-order valence-electron chi connectivity index (χ2n) is 4.73. The van der Waals surface area contributed by atoms with Crippen molar-refractivity contribution in [3.63, 3.8) is 0 Å². The van der Waals surface area contributed by atoms with E-state index in [2.05, 4.69) is 0 Å². The molecule has 1 amide bonds. The summed E-state index contributed by atoms with van der Waals surface area (Å²) in [6.07, 6.45) is 1.90. The number of hydrogen-bond donors (Lipinski definition) is 1. The summed E-state index contributed by atoms with van der Waals surface area (Å²) in [6.45, 7) is 2.49. The summed E-state index contributed by atoms with van der Waals surface area (Å²) >= 11 is 0. The number of nitrogens with zero attached hydrogens (tertiary/aromatic N) is 1. The van der Waals surface area contributed by atoms with Crippen LogP contribution in [-0.4, -0.2) is 30.6 Å². The first kappa shape index (κ1) is 15.8. The predicted octanol–water partition coefficient (Wildman–Crippen LogP) is 2.42. The Hall–Kier alpha value is -1.26. The summed E-state index contributed by atoms with van der Waals surface area (Å²) in [4.78, 5) is 13.7. The van der Waals surface area contributed by atoms with Crippen molar-refractivity contribution in [2.24, 2.45) is 11.7 Å². The summed E-state index contributed by atoms with van der Waals surface area (Å²) in [5.74, 6) is 0.419. The Morgan fingerprint density at radius 3 is 2.79 bits per heavy atom. The number of carbonyl (C=O) groups is 1. The molecule has 1 aromatic rings. The number of piperidine rings is 1. The van der Waals surface area contributed by atoms with E-state index in [4.69, 9.17) is 10.5 Å². The van der Waals surface area contributed by atoms with Crippen LogP contribution < -0.4 is 5.73 Å². The molecule has 1 aliphatic heterocycles. The highest BCUT2D eigenvalue weighted by Gasteiger charge is 2.23. The Morgan fingerprint density at radius 2 is 2.11 bits per heavy atom. The van der Waals surface area contributed by atoms with Crippen LogP contribution in [0.1, 0.15) is 18.4 Å². The highest BCUT2D eigenvalue weighted by Crippen LogP contribution is 2.16. The van der Waals surface area contributed by atoms with Crippen molar-refractivity contribution in [3.05, 3.63) is 35.9 Å². The molecule has 5 heteroatoms. The molecule has 0 spiro atoms. The van der Waals surface area contributed by atoms with Gasteiger partial charge in [-0.05, 0) is 30.9 Å². The third kappa shape index (κ3) is 4.73. The number of amides is 1.